The number of benzene rings is 5. The maximum Gasteiger partial charge on any atom is 0.0660 e. The average molecular weight is 693 g/mol. The molecule has 0 saturated heterocycles. The van der Waals surface area contributed by atoms with Crippen molar-refractivity contribution in [3.05, 3.63) is 104 Å². The van der Waals surface area contributed by atoms with Gasteiger partial charge in [-0.2, -0.15) is 25.3 Å². The predicted molar refractivity (Wildman–Crippen MR) is 207 cm³/mol. The van der Waals surface area contributed by atoms with Crippen LogP contribution in [-0.2, 0) is 0 Å². The van der Waals surface area contributed by atoms with Crippen LogP contribution in [0.4, 0.5) is 0 Å². The molecule has 42 heavy (non-hydrogen) atoms. The van der Waals surface area contributed by atoms with Gasteiger partial charge in [0, 0.05) is 20.2 Å². The second kappa shape index (κ2) is 13.7. The summed E-state index contributed by atoms with van der Waals surface area (Å²) in [6.45, 7) is 0. The number of thioether (sulfide) groups is 6. The summed E-state index contributed by atoms with van der Waals surface area (Å²) < 4.78 is 5.68. The molecule has 2 heterocycles. The molecule has 212 valence electrons. The summed E-state index contributed by atoms with van der Waals surface area (Å²) in [5.41, 5.74) is 0. The van der Waals surface area contributed by atoms with E-state index in [0.717, 1.165) is 35.9 Å². The minimum Gasteiger partial charge on any atom is -0.179 e. The van der Waals surface area contributed by atoms with Gasteiger partial charge in [-0.3, -0.25) is 0 Å². The molecule has 0 saturated carbocycles. The minimum absolute atomic E-state index is 0.930. The lowest BCUT2D eigenvalue weighted by atomic mass is 9.96. The highest BCUT2D eigenvalue weighted by atomic mass is 32.3. The largest absolute Gasteiger partial charge is 0.179 e. The molecule has 0 atom stereocenters. The van der Waals surface area contributed by atoms with E-state index >= 15 is 0 Å². The number of hydrogen-bond acceptors (Lipinski definition) is 8. The highest BCUT2D eigenvalue weighted by Gasteiger charge is 2.25. The van der Waals surface area contributed by atoms with Crippen molar-refractivity contribution >= 4 is 137 Å². The van der Waals surface area contributed by atoms with E-state index in [2.05, 4.69) is 110 Å². The zero-order chi connectivity index (χ0) is 28.5. The van der Waals surface area contributed by atoms with Crippen LogP contribution in [0.2, 0.25) is 0 Å². The maximum atomic E-state index is 4.47. The van der Waals surface area contributed by atoms with Crippen LogP contribution in [0.1, 0.15) is 12.8 Å². The minimum atomic E-state index is 0.930. The van der Waals surface area contributed by atoms with Crippen molar-refractivity contribution in [3.63, 3.8) is 0 Å². The first kappa shape index (κ1) is 29.8. The Bertz CT molecular complexity index is 1930. The topological polar surface area (TPSA) is 0 Å². The fourth-order valence-corrected chi connectivity index (χ4v) is 14.6. The van der Waals surface area contributed by atoms with E-state index in [9.17, 15) is 0 Å². The van der Waals surface area contributed by atoms with Crippen LogP contribution in [0.15, 0.2) is 103 Å². The first-order chi connectivity index (χ1) is 20.7. The van der Waals surface area contributed by atoms with Crippen LogP contribution in [0.25, 0.3) is 40.8 Å². The second-order valence-corrected chi connectivity index (χ2v) is 18.2. The van der Waals surface area contributed by atoms with E-state index in [1.165, 1.54) is 69.5 Å². The summed E-state index contributed by atoms with van der Waals surface area (Å²) in [4.78, 5) is 2.71. The molecule has 0 unspecified atom stereocenters. The molecule has 0 N–H and O–H groups in total. The van der Waals surface area contributed by atoms with Crippen molar-refractivity contribution in [1.82, 2.24) is 0 Å². The van der Waals surface area contributed by atoms with Gasteiger partial charge in [-0.1, -0.05) is 108 Å². The third-order valence-electron chi connectivity index (χ3n) is 7.16. The molecule has 5 aromatic carbocycles. The molecule has 0 amide bonds. The van der Waals surface area contributed by atoms with Gasteiger partial charge in [-0.15, -0.1) is 23.5 Å². The van der Waals surface area contributed by atoms with E-state index in [1.807, 2.05) is 70.6 Å². The molecule has 0 spiro atoms. The molecule has 0 fully saturated rings. The Kier molecular flexibility index (Phi) is 9.70. The molecule has 5 aromatic rings. The second-order valence-electron chi connectivity index (χ2n) is 9.90. The van der Waals surface area contributed by atoms with Gasteiger partial charge in [0.15, 0.2) is 0 Å². The van der Waals surface area contributed by atoms with Crippen molar-refractivity contribution in [2.75, 3.05) is 23.0 Å². The van der Waals surface area contributed by atoms with Gasteiger partial charge < -0.3 is 0 Å². The summed E-state index contributed by atoms with van der Waals surface area (Å²) in [6, 6.07) is 31.6. The normalized spacial score (nSPS) is 15.1. The molecule has 0 aliphatic carbocycles. The quantitative estimate of drug-likeness (QED) is 0.0937. The Balaban J connectivity index is 1.51. The predicted octanol–water partition coefficient (Wildman–Crippen LogP) is 10.9. The molecule has 0 aromatic heterocycles. The maximum absolute atomic E-state index is 4.47. The van der Waals surface area contributed by atoms with Crippen LogP contribution >= 0.6 is 95.8 Å². The summed E-state index contributed by atoms with van der Waals surface area (Å²) >= 11 is 20.8. The lowest BCUT2D eigenvalue weighted by Crippen LogP contribution is -2.17. The summed E-state index contributed by atoms with van der Waals surface area (Å²) in [5.74, 6) is 4.07. The van der Waals surface area contributed by atoms with Gasteiger partial charge in [0.2, 0.25) is 0 Å². The summed E-state index contributed by atoms with van der Waals surface area (Å²) in [6.07, 6.45) is 2.24. The van der Waals surface area contributed by atoms with E-state index < -0.39 is 0 Å². The van der Waals surface area contributed by atoms with Crippen molar-refractivity contribution in [1.29, 1.82) is 0 Å². The van der Waals surface area contributed by atoms with Crippen LogP contribution in [0, 0.1) is 0 Å². The number of thiol groups is 2. The lowest BCUT2D eigenvalue weighted by molar-refractivity contribution is 1.13. The lowest BCUT2D eigenvalue weighted by Gasteiger charge is -2.12. The summed E-state index contributed by atoms with van der Waals surface area (Å²) in [7, 11) is 0. The fraction of sp³-hybridized carbons (Fsp3) is 0.176. The Hall–Kier alpha value is -0.840. The Morgan fingerprint density at radius 3 is 1.40 bits per heavy atom. The molecule has 2 aliphatic heterocycles. The van der Waals surface area contributed by atoms with E-state index in [-0.39, 0.29) is 0 Å². The molecular formula is C34H28S8. The zero-order valence-electron chi connectivity index (χ0n) is 22.7. The van der Waals surface area contributed by atoms with Crippen LogP contribution in [0.3, 0.4) is 0 Å². The first-order valence-corrected chi connectivity index (χ1v) is 20.4. The smallest absolute Gasteiger partial charge is 0.0660 e. The monoisotopic (exact) mass is 692 g/mol. The van der Waals surface area contributed by atoms with Crippen LogP contribution in [0.5, 0.6) is 0 Å². The fourth-order valence-electron chi connectivity index (χ4n) is 5.25. The van der Waals surface area contributed by atoms with Crippen molar-refractivity contribution in [3.8, 4) is 0 Å². The number of rotatable bonds is 8. The Morgan fingerprint density at radius 1 is 0.500 bits per heavy atom. The van der Waals surface area contributed by atoms with Gasteiger partial charge in [0.25, 0.3) is 0 Å². The Labute approximate surface area is 283 Å². The SMILES string of the molecule is SCCCSC1=C(SCCCS)SC(=c2c3ccccc3c(=C3Sc4ccccc4S3)c3cc4ccccc4cc23)S1. The van der Waals surface area contributed by atoms with E-state index in [1.54, 1.807) is 0 Å². The highest BCUT2D eigenvalue weighted by Crippen LogP contribution is 2.58. The molecule has 0 nitrogen and oxygen atoms in total. The van der Waals surface area contributed by atoms with Crippen molar-refractivity contribution < 1.29 is 0 Å². The molecular weight excluding hydrogens is 665 g/mol. The molecule has 2 aliphatic rings. The average Bonchev–Trinajstić information content (AvgIpc) is 3.63. The molecule has 0 radical (unpaired) electrons. The Morgan fingerprint density at radius 2 is 0.929 bits per heavy atom. The summed E-state index contributed by atoms with van der Waals surface area (Å²) in [5, 5.41) is 10.7. The third-order valence-corrected chi connectivity index (χ3v) is 16.1. The van der Waals surface area contributed by atoms with Gasteiger partial charge in [0.05, 0.1) is 16.9 Å². The zero-order valence-corrected chi connectivity index (χ0v) is 29.4. The standard InChI is InChI=1S/C34H28S8/c35-15-7-17-37-33-34(38-18-8-16-36)42-32(41-33)30-24-12-4-3-11-23(24)29(31-39-27-13-5-6-14-28(27)40-31)25-19-21-9-1-2-10-22(21)20-26(25)30/h1-6,9-14,19-20,35-36H,7-8,15-18H2. The van der Waals surface area contributed by atoms with Crippen LogP contribution < -0.4 is 10.4 Å². The van der Waals surface area contributed by atoms with Crippen molar-refractivity contribution in [2.24, 2.45) is 0 Å². The van der Waals surface area contributed by atoms with Crippen molar-refractivity contribution in [2.45, 2.75) is 22.6 Å². The number of fused-ring (bicyclic) bond motifs is 4. The highest BCUT2D eigenvalue weighted by molar-refractivity contribution is 8.45. The molecule has 7 rings (SSSR count). The van der Waals surface area contributed by atoms with Crippen LogP contribution in [-0.4, -0.2) is 23.0 Å². The van der Waals surface area contributed by atoms with E-state index in [4.69, 9.17) is 0 Å². The van der Waals surface area contributed by atoms with Gasteiger partial charge in [0.1, 0.15) is 0 Å². The van der Waals surface area contributed by atoms with E-state index in [0.29, 0.717) is 0 Å². The third kappa shape index (κ3) is 5.92. The van der Waals surface area contributed by atoms with Gasteiger partial charge in [-0.25, -0.2) is 0 Å². The number of hydrogen-bond donors (Lipinski definition) is 2. The first-order valence-electron chi connectivity index (χ1n) is 13.9. The van der Waals surface area contributed by atoms with Gasteiger partial charge in [-0.05, 0) is 92.4 Å². The molecule has 8 heteroatoms. The van der Waals surface area contributed by atoms with Gasteiger partial charge >= 0.3 is 0 Å². The molecule has 0 bridgehead atoms.